The van der Waals surface area contributed by atoms with Crippen molar-refractivity contribution in [2.45, 2.75) is 13.3 Å². The van der Waals surface area contributed by atoms with Crippen LogP contribution in [0.1, 0.15) is 12.0 Å². The summed E-state index contributed by atoms with van der Waals surface area (Å²) in [7, 11) is 1.95. The second-order valence-corrected chi connectivity index (χ2v) is 3.75. The lowest BCUT2D eigenvalue weighted by molar-refractivity contribution is 0.865. The Morgan fingerprint density at radius 3 is 2.93 bits per heavy atom. The van der Waals surface area contributed by atoms with Gasteiger partial charge in [-0.3, -0.25) is 0 Å². The van der Waals surface area contributed by atoms with Crippen LogP contribution in [0.25, 0.3) is 0 Å². The minimum absolute atomic E-state index is 0.525. The average molecular weight is 210 g/mol. The molecule has 14 heavy (non-hydrogen) atoms. The third kappa shape index (κ3) is 3.26. The number of thiocarbonyl (C=S) groups is 1. The maximum atomic E-state index is 5.42. The van der Waals surface area contributed by atoms with Crippen molar-refractivity contribution in [3.05, 3.63) is 17.8 Å². The normalized spacial score (nSPS) is 9.86. The predicted octanol–water partition coefficient (Wildman–Crippen LogP) is 0.897. The molecule has 1 heterocycles. The van der Waals surface area contributed by atoms with Gasteiger partial charge in [0.05, 0.1) is 11.2 Å². The number of aromatic nitrogens is 2. The molecule has 5 heteroatoms. The van der Waals surface area contributed by atoms with Crippen LogP contribution in [0, 0.1) is 6.92 Å². The molecule has 0 aliphatic carbocycles. The van der Waals surface area contributed by atoms with Crippen molar-refractivity contribution < 1.29 is 0 Å². The summed E-state index contributed by atoms with van der Waals surface area (Å²) in [6.07, 6.45) is 2.42. The van der Waals surface area contributed by atoms with Crippen LogP contribution in [-0.2, 0) is 0 Å². The van der Waals surface area contributed by atoms with Gasteiger partial charge in [-0.05, 0) is 18.6 Å². The molecule has 0 saturated carbocycles. The first-order valence-corrected chi connectivity index (χ1v) is 4.79. The Balaban J connectivity index is 2.60. The highest BCUT2D eigenvalue weighted by molar-refractivity contribution is 7.80. The van der Waals surface area contributed by atoms with Gasteiger partial charge in [-0.2, -0.15) is 5.10 Å². The fourth-order valence-electron chi connectivity index (χ4n) is 1.03. The molecule has 1 aromatic heterocycles. The van der Waals surface area contributed by atoms with Gasteiger partial charge < -0.3 is 10.6 Å². The van der Waals surface area contributed by atoms with E-state index in [1.54, 1.807) is 6.20 Å². The van der Waals surface area contributed by atoms with Crippen LogP contribution in [0.5, 0.6) is 0 Å². The first kappa shape index (κ1) is 10.8. The molecule has 0 aliphatic heterocycles. The Hall–Kier alpha value is -1.23. The third-order valence-electron chi connectivity index (χ3n) is 1.86. The summed E-state index contributed by atoms with van der Waals surface area (Å²) in [5.41, 5.74) is 6.51. The molecule has 0 amide bonds. The molecular formula is C9H14N4S. The predicted molar refractivity (Wildman–Crippen MR) is 61.4 cm³/mol. The van der Waals surface area contributed by atoms with E-state index in [9.17, 15) is 0 Å². The molecule has 1 rings (SSSR count). The van der Waals surface area contributed by atoms with Gasteiger partial charge in [0.2, 0.25) is 0 Å². The Kier molecular flexibility index (Phi) is 3.76. The van der Waals surface area contributed by atoms with Crippen molar-refractivity contribution in [1.82, 2.24) is 10.2 Å². The molecule has 1 aromatic rings. The monoisotopic (exact) mass is 210 g/mol. The maximum Gasteiger partial charge on any atom is 0.151 e. The van der Waals surface area contributed by atoms with Crippen molar-refractivity contribution in [3.8, 4) is 0 Å². The first-order chi connectivity index (χ1) is 6.59. The summed E-state index contributed by atoms with van der Waals surface area (Å²) in [4.78, 5) is 2.51. The highest BCUT2D eigenvalue weighted by Gasteiger charge is 2.03. The Labute approximate surface area is 89.1 Å². The number of nitrogens with two attached hydrogens (primary N) is 1. The van der Waals surface area contributed by atoms with Gasteiger partial charge in [0, 0.05) is 20.0 Å². The van der Waals surface area contributed by atoms with Crippen LogP contribution >= 0.6 is 12.2 Å². The van der Waals surface area contributed by atoms with E-state index in [4.69, 9.17) is 18.0 Å². The largest absolute Gasteiger partial charge is 0.393 e. The number of nitrogens with zero attached hydrogens (tertiary/aromatic N) is 3. The second kappa shape index (κ2) is 4.85. The highest BCUT2D eigenvalue weighted by atomic mass is 32.1. The summed E-state index contributed by atoms with van der Waals surface area (Å²) in [5, 5.41) is 7.89. The molecule has 76 valence electrons. The van der Waals surface area contributed by atoms with Crippen molar-refractivity contribution >= 4 is 23.0 Å². The van der Waals surface area contributed by atoms with Gasteiger partial charge in [-0.15, -0.1) is 5.10 Å². The summed E-state index contributed by atoms with van der Waals surface area (Å²) < 4.78 is 0. The minimum Gasteiger partial charge on any atom is -0.393 e. The Morgan fingerprint density at radius 2 is 2.36 bits per heavy atom. The van der Waals surface area contributed by atoms with E-state index in [0.717, 1.165) is 17.9 Å². The van der Waals surface area contributed by atoms with E-state index in [1.807, 2.05) is 24.9 Å². The average Bonchev–Trinajstić information content (AvgIpc) is 2.14. The van der Waals surface area contributed by atoms with E-state index >= 15 is 0 Å². The summed E-state index contributed by atoms with van der Waals surface area (Å²) in [5.74, 6) is 0.848. The lowest BCUT2D eigenvalue weighted by atomic mass is 10.3. The van der Waals surface area contributed by atoms with E-state index in [1.165, 1.54) is 0 Å². The number of anilines is 1. The maximum absolute atomic E-state index is 5.42. The fraction of sp³-hybridized carbons (Fsp3) is 0.444. The zero-order valence-electron chi connectivity index (χ0n) is 8.40. The summed E-state index contributed by atoms with van der Waals surface area (Å²) in [6, 6.07) is 1.98. The number of hydrogen-bond acceptors (Lipinski definition) is 4. The first-order valence-electron chi connectivity index (χ1n) is 4.38. The molecule has 0 aromatic carbocycles. The van der Waals surface area contributed by atoms with Crippen molar-refractivity contribution in [3.63, 3.8) is 0 Å². The van der Waals surface area contributed by atoms with Crippen LogP contribution in [-0.4, -0.2) is 28.8 Å². The Morgan fingerprint density at radius 1 is 1.64 bits per heavy atom. The SMILES string of the molecule is Cc1cnnc(N(C)CCC(N)=S)c1. The number of aryl methyl sites for hydroxylation is 1. The third-order valence-corrected chi connectivity index (χ3v) is 2.07. The molecule has 0 unspecified atom stereocenters. The van der Waals surface area contributed by atoms with Crippen LogP contribution in [0.3, 0.4) is 0 Å². The molecule has 0 spiro atoms. The van der Waals surface area contributed by atoms with Crippen molar-refractivity contribution in [2.75, 3.05) is 18.5 Å². The van der Waals surface area contributed by atoms with Crippen LogP contribution < -0.4 is 10.6 Å². The fourth-order valence-corrected chi connectivity index (χ4v) is 1.12. The molecule has 2 N–H and O–H groups in total. The van der Waals surface area contributed by atoms with E-state index < -0.39 is 0 Å². The molecule has 0 atom stereocenters. The molecule has 4 nitrogen and oxygen atoms in total. The molecule has 0 radical (unpaired) electrons. The molecular weight excluding hydrogens is 196 g/mol. The van der Waals surface area contributed by atoms with Crippen LogP contribution in [0.4, 0.5) is 5.82 Å². The molecule has 0 saturated heterocycles. The minimum atomic E-state index is 0.525. The van der Waals surface area contributed by atoms with Gasteiger partial charge >= 0.3 is 0 Å². The lowest BCUT2D eigenvalue weighted by Crippen LogP contribution is -2.24. The summed E-state index contributed by atoms with van der Waals surface area (Å²) >= 11 is 4.80. The van der Waals surface area contributed by atoms with Gasteiger partial charge in [0.15, 0.2) is 5.82 Å². The van der Waals surface area contributed by atoms with E-state index in [2.05, 4.69) is 10.2 Å². The molecule has 0 bridgehead atoms. The molecule has 0 fully saturated rings. The Bertz CT molecular complexity index is 326. The lowest BCUT2D eigenvalue weighted by Gasteiger charge is -2.16. The zero-order chi connectivity index (χ0) is 10.6. The van der Waals surface area contributed by atoms with Crippen LogP contribution in [0.15, 0.2) is 12.3 Å². The zero-order valence-corrected chi connectivity index (χ0v) is 9.21. The van der Waals surface area contributed by atoms with Gasteiger partial charge in [0.1, 0.15) is 0 Å². The van der Waals surface area contributed by atoms with E-state index in [0.29, 0.717) is 11.4 Å². The van der Waals surface area contributed by atoms with Crippen LogP contribution in [0.2, 0.25) is 0 Å². The van der Waals surface area contributed by atoms with Gasteiger partial charge in [-0.25, -0.2) is 0 Å². The quantitative estimate of drug-likeness (QED) is 0.748. The van der Waals surface area contributed by atoms with E-state index in [-0.39, 0.29) is 0 Å². The number of rotatable bonds is 4. The highest BCUT2D eigenvalue weighted by Crippen LogP contribution is 2.08. The van der Waals surface area contributed by atoms with Gasteiger partial charge in [-0.1, -0.05) is 12.2 Å². The summed E-state index contributed by atoms with van der Waals surface area (Å²) in [6.45, 7) is 2.76. The number of hydrogen-bond donors (Lipinski definition) is 1. The second-order valence-electron chi connectivity index (χ2n) is 3.23. The smallest absolute Gasteiger partial charge is 0.151 e. The standard InChI is InChI=1S/C9H14N4S/c1-7-5-9(12-11-6-7)13(2)4-3-8(10)14/h5-6H,3-4H2,1-2H3,(H2,10,14). The topological polar surface area (TPSA) is 55.0 Å². The van der Waals surface area contributed by atoms with Gasteiger partial charge in [0.25, 0.3) is 0 Å². The van der Waals surface area contributed by atoms with Crippen molar-refractivity contribution in [2.24, 2.45) is 5.73 Å². The van der Waals surface area contributed by atoms with Crippen molar-refractivity contribution in [1.29, 1.82) is 0 Å². The molecule has 0 aliphatic rings.